The van der Waals surface area contributed by atoms with Crippen molar-refractivity contribution in [2.75, 3.05) is 11.9 Å². The van der Waals surface area contributed by atoms with Crippen molar-refractivity contribution in [3.63, 3.8) is 0 Å². The molecule has 0 radical (unpaired) electrons. The van der Waals surface area contributed by atoms with Crippen LogP contribution in [0.2, 0.25) is 0 Å². The molecular formula is C21H22N6O. The van der Waals surface area contributed by atoms with Gasteiger partial charge in [-0.1, -0.05) is 17.3 Å². The highest BCUT2D eigenvalue weighted by atomic mass is 16.5. The summed E-state index contributed by atoms with van der Waals surface area (Å²) in [4.78, 5) is 8.92. The lowest BCUT2D eigenvalue weighted by molar-refractivity contribution is 0.432. The molecule has 3 aromatic rings. The number of rotatable bonds is 4. The van der Waals surface area contributed by atoms with Crippen LogP contribution < -0.4 is 10.6 Å². The Labute approximate surface area is 163 Å². The fourth-order valence-electron chi connectivity index (χ4n) is 3.51. The molecule has 0 bridgehead atoms. The fourth-order valence-corrected chi connectivity index (χ4v) is 3.51. The molecule has 3 heterocycles. The fraction of sp³-hybridized carbons (Fsp3) is 0.333. The molecule has 7 heteroatoms. The van der Waals surface area contributed by atoms with Crippen molar-refractivity contribution in [2.24, 2.45) is 0 Å². The third kappa shape index (κ3) is 3.35. The minimum atomic E-state index is 0.183. The van der Waals surface area contributed by atoms with E-state index in [0.717, 1.165) is 25.1 Å². The van der Waals surface area contributed by atoms with Gasteiger partial charge in [0.25, 0.3) is 5.89 Å². The summed E-state index contributed by atoms with van der Waals surface area (Å²) < 4.78 is 5.48. The van der Waals surface area contributed by atoms with Gasteiger partial charge in [-0.05, 0) is 56.5 Å². The molecule has 0 unspecified atom stereocenters. The molecule has 2 aromatic heterocycles. The highest BCUT2D eigenvalue weighted by Gasteiger charge is 2.19. The molecule has 0 amide bonds. The zero-order chi connectivity index (χ0) is 19.7. The van der Waals surface area contributed by atoms with Gasteiger partial charge in [-0.3, -0.25) is 0 Å². The van der Waals surface area contributed by atoms with Gasteiger partial charge in [0.2, 0.25) is 5.82 Å². The number of anilines is 1. The molecule has 28 heavy (non-hydrogen) atoms. The van der Waals surface area contributed by atoms with Crippen LogP contribution in [-0.2, 0) is 13.0 Å². The Morgan fingerprint density at radius 2 is 2.18 bits per heavy atom. The van der Waals surface area contributed by atoms with Gasteiger partial charge >= 0.3 is 0 Å². The van der Waals surface area contributed by atoms with Crippen LogP contribution >= 0.6 is 0 Å². The Morgan fingerprint density at radius 3 is 2.96 bits per heavy atom. The summed E-state index contributed by atoms with van der Waals surface area (Å²) in [6, 6.07) is 8.25. The number of fused-ring (bicyclic) bond motifs is 1. The van der Waals surface area contributed by atoms with Crippen molar-refractivity contribution < 1.29 is 4.52 Å². The molecular weight excluding hydrogens is 352 g/mol. The largest absolute Gasteiger partial charge is 0.367 e. The maximum atomic E-state index is 9.43. The molecule has 0 spiro atoms. The number of hydrogen-bond acceptors (Lipinski definition) is 7. The lowest BCUT2D eigenvalue weighted by Crippen LogP contribution is -2.24. The zero-order valence-electron chi connectivity index (χ0n) is 16.2. The van der Waals surface area contributed by atoms with Gasteiger partial charge in [-0.2, -0.15) is 10.2 Å². The van der Waals surface area contributed by atoms with Crippen molar-refractivity contribution in [3.8, 4) is 28.9 Å². The molecule has 1 aromatic carbocycles. The summed E-state index contributed by atoms with van der Waals surface area (Å²) in [6.07, 6.45) is 2.65. The van der Waals surface area contributed by atoms with Crippen LogP contribution in [0.25, 0.3) is 22.8 Å². The molecule has 0 saturated carbocycles. The topological polar surface area (TPSA) is 99.7 Å². The van der Waals surface area contributed by atoms with Gasteiger partial charge in [0.1, 0.15) is 11.9 Å². The summed E-state index contributed by atoms with van der Waals surface area (Å²) in [5, 5.41) is 20.2. The van der Waals surface area contributed by atoms with E-state index in [0.29, 0.717) is 28.7 Å². The molecule has 142 valence electrons. The first kappa shape index (κ1) is 18.1. The average Bonchev–Trinajstić information content (AvgIpc) is 3.18. The molecule has 2 N–H and O–H groups in total. The lowest BCUT2D eigenvalue weighted by atomic mass is 9.92. The van der Waals surface area contributed by atoms with E-state index in [1.54, 1.807) is 12.3 Å². The maximum Gasteiger partial charge on any atom is 0.259 e. The van der Waals surface area contributed by atoms with E-state index >= 15 is 0 Å². The van der Waals surface area contributed by atoms with E-state index in [1.807, 2.05) is 19.9 Å². The van der Waals surface area contributed by atoms with Gasteiger partial charge in [0.15, 0.2) is 0 Å². The maximum absolute atomic E-state index is 9.43. The predicted octanol–water partition coefficient (Wildman–Crippen LogP) is 3.44. The van der Waals surface area contributed by atoms with Crippen LogP contribution in [0.15, 0.2) is 28.9 Å². The van der Waals surface area contributed by atoms with Crippen LogP contribution in [0.4, 0.5) is 5.82 Å². The van der Waals surface area contributed by atoms with E-state index in [1.165, 1.54) is 16.7 Å². The second kappa shape index (κ2) is 7.41. The number of nitrogens with one attached hydrogen (secondary N) is 2. The molecule has 0 saturated heterocycles. The summed E-state index contributed by atoms with van der Waals surface area (Å²) in [7, 11) is 0. The number of pyridine rings is 1. The molecule has 0 fully saturated rings. The highest BCUT2D eigenvalue weighted by molar-refractivity contribution is 5.67. The number of benzene rings is 1. The Balaban J connectivity index is 1.68. The molecule has 0 aliphatic carbocycles. The van der Waals surface area contributed by atoms with E-state index in [-0.39, 0.29) is 6.04 Å². The summed E-state index contributed by atoms with van der Waals surface area (Å²) in [6.45, 7) is 7.98. The predicted molar refractivity (Wildman–Crippen MR) is 107 cm³/mol. The number of nitriles is 1. The van der Waals surface area contributed by atoms with Crippen molar-refractivity contribution in [2.45, 2.75) is 39.8 Å². The minimum absolute atomic E-state index is 0.183. The highest BCUT2D eigenvalue weighted by Crippen LogP contribution is 2.30. The number of aromatic nitrogens is 3. The molecule has 0 atom stereocenters. The third-order valence-electron chi connectivity index (χ3n) is 4.91. The van der Waals surface area contributed by atoms with Crippen molar-refractivity contribution in [1.29, 1.82) is 5.26 Å². The Bertz CT molecular complexity index is 1060. The lowest BCUT2D eigenvalue weighted by Gasteiger charge is -2.20. The second-order valence-electron chi connectivity index (χ2n) is 7.26. The zero-order valence-corrected chi connectivity index (χ0v) is 16.2. The number of nitrogens with zero attached hydrogens (tertiary/aromatic N) is 4. The quantitative estimate of drug-likeness (QED) is 0.721. The monoisotopic (exact) mass is 374 g/mol. The standard InChI is InChI=1S/C21H22N6O/c1-12(2)25-19-15(9-22)8-16(11-24-19)21-26-20(27-28-21)18-5-4-14-10-23-7-6-17(14)13(18)3/h4-5,8,11-12,23H,6-7,10H2,1-3H3,(H,24,25). The molecule has 4 rings (SSSR count). The second-order valence-corrected chi connectivity index (χ2v) is 7.26. The third-order valence-corrected chi connectivity index (χ3v) is 4.91. The normalized spacial score (nSPS) is 13.2. The van der Waals surface area contributed by atoms with Crippen LogP contribution in [0.5, 0.6) is 0 Å². The van der Waals surface area contributed by atoms with Crippen LogP contribution in [0.3, 0.4) is 0 Å². The van der Waals surface area contributed by atoms with Gasteiger partial charge in [0.05, 0.1) is 11.1 Å². The first-order chi connectivity index (χ1) is 13.6. The van der Waals surface area contributed by atoms with E-state index in [2.05, 4.69) is 44.8 Å². The summed E-state index contributed by atoms with van der Waals surface area (Å²) in [5.74, 6) is 1.46. The first-order valence-corrected chi connectivity index (χ1v) is 9.40. The van der Waals surface area contributed by atoms with Gasteiger partial charge in [-0.15, -0.1) is 0 Å². The van der Waals surface area contributed by atoms with E-state index in [9.17, 15) is 5.26 Å². The van der Waals surface area contributed by atoms with Crippen molar-refractivity contribution in [1.82, 2.24) is 20.4 Å². The van der Waals surface area contributed by atoms with Crippen LogP contribution in [0.1, 0.15) is 36.1 Å². The molecule has 1 aliphatic heterocycles. The van der Waals surface area contributed by atoms with Gasteiger partial charge < -0.3 is 15.2 Å². The first-order valence-electron chi connectivity index (χ1n) is 9.40. The SMILES string of the molecule is Cc1c(-c2noc(-c3cnc(NC(C)C)c(C#N)c3)n2)ccc2c1CCNC2. The van der Waals surface area contributed by atoms with Crippen molar-refractivity contribution in [3.05, 3.63) is 46.6 Å². The summed E-state index contributed by atoms with van der Waals surface area (Å²) >= 11 is 0. The smallest absolute Gasteiger partial charge is 0.259 e. The van der Waals surface area contributed by atoms with Gasteiger partial charge in [0, 0.05) is 24.3 Å². The number of hydrogen-bond donors (Lipinski definition) is 2. The Hall–Kier alpha value is -3.24. The average molecular weight is 374 g/mol. The Kier molecular flexibility index (Phi) is 4.80. The Morgan fingerprint density at radius 1 is 1.32 bits per heavy atom. The molecule has 7 nitrogen and oxygen atoms in total. The minimum Gasteiger partial charge on any atom is -0.367 e. The van der Waals surface area contributed by atoms with Crippen LogP contribution in [0, 0.1) is 18.3 Å². The van der Waals surface area contributed by atoms with Crippen LogP contribution in [-0.4, -0.2) is 27.7 Å². The summed E-state index contributed by atoms with van der Waals surface area (Å²) in [5.41, 5.74) is 5.93. The van der Waals surface area contributed by atoms with E-state index in [4.69, 9.17) is 4.52 Å². The molecule has 1 aliphatic rings. The van der Waals surface area contributed by atoms with Gasteiger partial charge in [-0.25, -0.2) is 4.98 Å². The van der Waals surface area contributed by atoms with E-state index < -0.39 is 0 Å². The van der Waals surface area contributed by atoms with Crippen molar-refractivity contribution >= 4 is 5.82 Å².